The molecule has 1 atom stereocenters. The number of carbonyl (C=O) groups excluding carboxylic acids is 1. The van der Waals surface area contributed by atoms with Gasteiger partial charge in [-0.05, 0) is 67.8 Å². The van der Waals surface area contributed by atoms with E-state index >= 15 is 0 Å². The average molecular weight is 393 g/mol. The number of hydrogen-bond acceptors (Lipinski definition) is 3. The normalized spacial score (nSPS) is 16.4. The minimum atomic E-state index is -3.69. The molecule has 1 amide bonds. The highest BCUT2D eigenvalue weighted by Gasteiger charge is 2.36. The lowest BCUT2D eigenvalue weighted by atomic mass is 10.1. The molecule has 1 heterocycles. The Hall–Kier alpha value is -2.05. The molecule has 26 heavy (non-hydrogen) atoms. The Labute approximate surface area is 159 Å². The van der Waals surface area contributed by atoms with Crippen LogP contribution in [-0.2, 0) is 16.4 Å². The summed E-state index contributed by atoms with van der Waals surface area (Å²) < 4.78 is 27.6. The minimum absolute atomic E-state index is 0.138. The van der Waals surface area contributed by atoms with Gasteiger partial charge < -0.3 is 5.32 Å². The lowest BCUT2D eigenvalue weighted by Gasteiger charge is -2.24. The van der Waals surface area contributed by atoms with Gasteiger partial charge in [0, 0.05) is 23.2 Å². The highest BCUT2D eigenvalue weighted by Crippen LogP contribution is 2.37. The van der Waals surface area contributed by atoms with Gasteiger partial charge in [0.25, 0.3) is 15.9 Å². The SMILES string of the molecule is CCCNC(=O)c1ccc2c(c1)C[C@@H](C)N2S(=O)(=O)c1ccc(Cl)cc1. The van der Waals surface area contributed by atoms with Gasteiger partial charge in [-0.25, -0.2) is 8.42 Å². The summed E-state index contributed by atoms with van der Waals surface area (Å²) in [5.41, 5.74) is 2.04. The molecule has 7 heteroatoms. The Morgan fingerprint density at radius 1 is 1.23 bits per heavy atom. The monoisotopic (exact) mass is 392 g/mol. The summed E-state index contributed by atoms with van der Waals surface area (Å²) in [6.07, 6.45) is 1.43. The fourth-order valence-corrected chi connectivity index (χ4v) is 4.99. The van der Waals surface area contributed by atoms with Crippen molar-refractivity contribution in [3.8, 4) is 0 Å². The zero-order chi connectivity index (χ0) is 18.9. The first-order valence-corrected chi connectivity index (χ1v) is 10.4. The van der Waals surface area contributed by atoms with E-state index in [0.717, 1.165) is 12.0 Å². The van der Waals surface area contributed by atoms with Gasteiger partial charge in [-0.15, -0.1) is 0 Å². The molecule has 2 aromatic rings. The van der Waals surface area contributed by atoms with Crippen molar-refractivity contribution in [2.75, 3.05) is 10.8 Å². The molecule has 0 aromatic heterocycles. The minimum Gasteiger partial charge on any atom is -0.352 e. The van der Waals surface area contributed by atoms with Crippen LogP contribution in [0.4, 0.5) is 5.69 Å². The summed E-state index contributed by atoms with van der Waals surface area (Å²) in [5, 5.41) is 3.33. The van der Waals surface area contributed by atoms with Crippen molar-refractivity contribution in [3.63, 3.8) is 0 Å². The van der Waals surface area contributed by atoms with Gasteiger partial charge in [0.15, 0.2) is 0 Å². The molecule has 1 aliphatic rings. The first kappa shape index (κ1) is 18.7. The molecule has 0 aliphatic carbocycles. The third kappa shape index (κ3) is 3.44. The molecule has 3 rings (SSSR count). The van der Waals surface area contributed by atoms with E-state index in [-0.39, 0.29) is 16.8 Å². The summed E-state index contributed by atoms with van der Waals surface area (Å²) >= 11 is 5.87. The third-order valence-electron chi connectivity index (χ3n) is 4.40. The van der Waals surface area contributed by atoms with Crippen LogP contribution in [0, 0.1) is 0 Å². The smallest absolute Gasteiger partial charge is 0.264 e. The Balaban J connectivity index is 1.95. The van der Waals surface area contributed by atoms with E-state index in [0.29, 0.717) is 29.2 Å². The van der Waals surface area contributed by atoms with Crippen molar-refractivity contribution in [2.45, 2.75) is 37.6 Å². The number of nitrogens with zero attached hydrogens (tertiary/aromatic N) is 1. The molecule has 0 saturated carbocycles. The van der Waals surface area contributed by atoms with Crippen LogP contribution < -0.4 is 9.62 Å². The molecule has 0 bridgehead atoms. The van der Waals surface area contributed by atoms with Crippen molar-refractivity contribution < 1.29 is 13.2 Å². The van der Waals surface area contributed by atoms with E-state index in [4.69, 9.17) is 11.6 Å². The molecule has 0 fully saturated rings. The first-order chi connectivity index (χ1) is 12.3. The van der Waals surface area contributed by atoms with Crippen LogP contribution in [-0.4, -0.2) is 26.9 Å². The number of anilines is 1. The molecule has 2 aromatic carbocycles. The molecule has 1 aliphatic heterocycles. The predicted molar refractivity (Wildman–Crippen MR) is 103 cm³/mol. The van der Waals surface area contributed by atoms with Gasteiger partial charge >= 0.3 is 0 Å². The Morgan fingerprint density at radius 3 is 2.58 bits per heavy atom. The summed E-state index contributed by atoms with van der Waals surface area (Å²) in [4.78, 5) is 12.4. The van der Waals surface area contributed by atoms with Gasteiger partial charge in [-0.2, -0.15) is 0 Å². The molecule has 0 radical (unpaired) electrons. The fraction of sp³-hybridized carbons (Fsp3) is 0.316. The molecular weight excluding hydrogens is 372 g/mol. The molecular formula is C19H21ClN2O3S. The van der Waals surface area contributed by atoms with E-state index in [2.05, 4.69) is 5.32 Å². The topological polar surface area (TPSA) is 66.5 Å². The zero-order valence-corrected chi connectivity index (χ0v) is 16.3. The Bertz CT molecular complexity index is 926. The average Bonchev–Trinajstić information content (AvgIpc) is 2.95. The third-order valence-corrected chi connectivity index (χ3v) is 6.60. The van der Waals surface area contributed by atoms with Gasteiger partial charge in [0.05, 0.1) is 10.6 Å². The number of sulfonamides is 1. The van der Waals surface area contributed by atoms with Crippen LogP contribution >= 0.6 is 11.6 Å². The Morgan fingerprint density at radius 2 is 1.92 bits per heavy atom. The summed E-state index contributed by atoms with van der Waals surface area (Å²) in [6.45, 7) is 4.47. The molecule has 5 nitrogen and oxygen atoms in total. The van der Waals surface area contributed by atoms with Crippen LogP contribution in [0.3, 0.4) is 0 Å². The summed E-state index contributed by atoms with van der Waals surface area (Å²) in [7, 11) is -3.69. The van der Waals surface area contributed by atoms with E-state index in [1.54, 1.807) is 30.3 Å². The lowest BCUT2D eigenvalue weighted by Crippen LogP contribution is -2.35. The van der Waals surface area contributed by atoms with Gasteiger partial charge in [0.1, 0.15) is 0 Å². The van der Waals surface area contributed by atoms with Crippen LogP contribution in [0.2, 0.25) is 5.02 Å². The highest BCUT2D eigenvalue weighted by atomic mass is 35.5. The highest BCUT2D eigenvalue weighted by molar-refractivity contribution is 7.92. The van der Waals surface area contributed by atoms with Gasteiger partial charge in [-0.3, -0.25) is 9.10 Å². The predicted octanol–water partition coefficient (Wildman–Crippen LogP) is 3.62. The number of amides is 1. The number of carbonyl (C=O) groups is 1. The van der Waals surface area contributed by atoms with Crippen molar-refractivity contribution >= 4 is 33.2 Å². The van der Waals surface area contributed by atoms with E-state index in [1.165, 1.54) is 16.4 Å². The maximum Gasteiger partial charge on any atom is 0.264 e. The van der Waals surface area contributed by atoms with Crippen LogP contribution in [0.25, 0.3) is 0 Å². The molecule has 1 N–H and O–H groups in total. The van der Waals surface area contributed by atoms with Crippen molar-refractivity contribution in [1.29, 1.82) is 0 Å². The molecule has 138 valence electrons. The number of nitrogens with one attached hydrogen (secondary N) is 1. The molecule has 0 spiro atoms. The second-order valence-corrected chi connectivity index (χ2v) is 8.66. The zero-order valence-electron chi connectivity index (χ0n) is 14.7. The van der Waals surface area contributed by atoms with Crippen molar-refractivity contribution in [1.82, 2.24) is 5.32 Å². The molecule has 0 unspecified atom stereocenters. The van der Waals surface area contributed by atoms with Crippen LogP contribution in [0.1, 0.15) is 36.2 Å². The maximum atomic E-state index is 13.1. The summed E-state index contributed by atoms with van der Waals surface area (Å²) in [6, 6.07) is 11.1. The van der Waals surface area contributed by atoms with Crippen LogP contribution in [0.15, 0.2) is 47.4 Å². The van der Waals surface area contributed by atoms with Gasteiger partial charge in [0.2, 0.25) is 0 Å². The fourth-order valence-electron chi connectivity index (χ4n) is 3.17. The largest absolute Gasteiger partial charge is 0.352 e. The number of fused-ring (bicyclic) bond motifs is 1. The number of rotatable bonds is 5. The first-order valence-electron chi connectivity index (χ1n) is 8.55. The lowest BCUT2D eigenvalue weighted by molar-refractivity contribution is 0.0953. The molecule has 0 saturated heterocycles. The van der Waals surface area contributed by atoms with Crippen molar-refractivity contribution in [3.05, 3.63) is 58.6 Å². The second kappa shape index (κ2) is 7.29. The Kier molecular flexibility index (Phi) is 5.25. The van der Waals surface area contributed by atoms with Crippen LogP contribution in [0.5, 0.6) is 0 Å². The number of halogens is 1. The maximum absolute atomic E-state index is 13.1. The second-order valence-electron chi connectivity index (χ2n) is 6.41. The van der Waals surface area contributed by atoms with Gasteiger partial charge in [-0.1, -0.05) is 18.5 Å². The number of benzene rings is 2. The summed E-state index contributed by atoms with van der Waals surface area (Å²) in [5.74, 6) is -0.138. The number of hydrogen-bond donors (Lipinski definition) is 1. The van der Waals surface area contributed by atoms with E-state index < -0.39 is 10.0 Å². The van der Waals surface area contributed by atoms with Crippen molar-refractivity contribution in [2.24, 2.45) is 0 Å². The quantitative estimate of drug-likeness (QED) is 0.845. The van der Waals surface area contributed by atoms with E-state index in [9.17, 15) is 13.2 Å². The standard InChI is InChI=1S/C19H21ClN2O3S/c1-3-10-21-19(23)14-4-9-18-15(12-14)11-13(2)22(18)26(24,25)17-7-5-16(20)6-8-17/h4-9,12-13H,3,10-11H2,1-2H3,(H,21,23)/t13-/m1/s1. The van der Waals surface area contributed by atoms with E-state index in [1.807, 2.05) is 13.8 Å².